The van der Waals surface area contributed by atoms with Crippen molar-refractivity contribution >= 4 is 35.2 Å². The van der Waals surface area contributed by atoms with E-state index in [2.05, 4.69) is 14.9 Å². The molecule has 2 aliphatic carbocycles. The Morgan fingerprint density at radius 2 is 1.55 bits per heavy atom. The van der Waals surface area contributed by atoms with Crippen LogP contribution in [-0.2, 0) is 16.0 Å². The molecule has 3 aliphatic rings. The molecule has 1 aliphatic heterocycles. The lowest BCUT2D eigenvalue weighted by Crippen LogP contribution is -2.20. The molecule has 0 spiro atoms. The summed E-state index contributed by atoms with van der Waals surface area (Å²) in [4.78, 5) is 49.5. The van der Waals surface area contributed by atoms with Gasteiger partial charge in [0.1, 0.15) is 0 Å². The van der Waals surface area contributed by atoms with Crippen LogP contribution in [-0.4, -0.2) is 79.6 Å². The number of fused-ring (bicyclic) bond motifs is 2. The first kappa shape index (κ1) is 21.1. The summed E-state index contributed by atoms with van der Waals surface area (Å²) in [7, 11) is 7.92. The predicted molar refractivity (Wildman–Crippen MR) is 121 cm³/mol. The summed E-state index contributed by atoms with van der Waals surface area (Å²) in [6.07, 6.45) is 9.38. The molecule has 0 radical (unpaired) electrons. The average molecular weight is 418 g/mol. The fourth-order valence-electron chi connectivity index (χ4n) is 4.08. The van der Waals surface area contributed by atoms with Crippen LogP contribution < -0.4 is 0 Å². The highest BCUT2D eigenvalue weighted by molar-refractivity contribution is 6.50. The summed E-state index contributed by atoms with van der Waals surface area (Å²) in [5.41, 5.74) is 5.58. The van der Waals surface area contributed by atoms with Crippen LogP contribution in [0.2, 0.25) is 0 Å². The zero-order chi connectivity index (χ0) is 22.3. The Morgan fingerprint density at radius 3 is 2.26 bits per heavy atom. The van der Waals surface area contributed by atoms with E-state index >= 15 is 0 Å². The number of carbonyl (C=O) groups is 3. The third-order valence-corrected chi connectivity index (χ3v) is 5.70. The number of aliphatic imine (C=N–C) groups is 1. The van der Waals surface area contributed by atoms with E-state index in [0.29, 0.717) is 35.5 Å². The first-order chi connectivity index (χ1) is 14.8. The number of allylic oxidation sites excluding steroid dienone is 5. The Labute approximate surface area is 181 Å². The van der Waals surface area contributed by atoms with Crippen molar-refractivity contribution < 1.29 is 14.4 Å². The highest BCUT2D eigenvalue weighted by Crippen LogP contribution is 2.39. The Morgan fingerprint density at radius 1 is 0.871 bits per heavy atom. The maximum absolute atomic E-state index is 12.7. The van der Waals surface area contributed by atoms with Crippen LogP contribution in [0.25, 0.3) is 11.6 Å². The molecule has 1 aromatic heterocycles. The van der Waals surface area contributed by atoms with Gasteiger partial charge in [0.15, 0.2) is 5.78 Å². The zero-order valence-electron chi connectivity index (χ0n) is 18.3. The molecule has 31 heavy (non-hydrogen) atoms. The first-order valence-corrected chi connectivity index (χ1v) is 10.3. The standard InChI is InChI=1S/C24H26N4O3/c1-27(2)11-9-14-13-25-23-16(5-7-18(29)20(14)23)22-15(10-12-28(3)4)21-17(26-22)6-8-19(30)24(21)31/h5-8,13,26H,9-12H2,1-4H3. The van der Waals surface area contributed by atoms with Crippen molar-refractivity contribution in [2.24, 2.45) is 4.99 Å². The Kier molecular flexibility index (Phi) is 5.56. The van der Waals surface area contributed by atoms with Gasteiger partial charge in [-0.1, -0.05) is 0 Å². The van der Waals surface area contributed by atoms with Gasteiger partial charge in [-0.15, -0.1) is 0 Å². The smallest absolute Gasteiger partial charge is 0.235 e. The Balaban J connectivity index is 1.85. The molecular formula is C24H26N4O3. The molecule has 0 saturated carbocycles. The Hall–Kier alpha value is -3.16. The summed E-state index contributed by atoms with van der Waals surface area (Å²) < 4.78 is 0. The van der Waals surface area contributed by atoms with Crippen molar-refractivity contribution in [1.29, 1.82) is 0 Å². The number of H-pyrrole nitrogens is 1. The van der Waals surface area contributed by atoms with Crippen molar-refractivity contribution in [3.05, 3.63) is 57.6 Å². The van der Waals surface area contributed by atoms with E-state index in [-0.39, 0.29) is 5.78 Å². The van der Waals surface area contributed by atoms with Gasteiger partial charge in [-0.3, -0.25) is 19.4 Å². The van der Waals surface area contributed by atoms with Crippen molar-refractivity contribution in [3.63, 3.8) is 0 Å². The quantitative estimate of drug-likeness (QED) is 0.686. The number of aromatic amines is 1. The predicted octanol–water partition coefficient (Wildman–Crippen LogP) is 2.08. The number of likely N-dealkylation sites (N-methyl/N-ethyl adjacent to an activating group) is 1. The monoisotopic (exact) mass is 418 g/mol. The molecule has 0 aromatic carbocycles. The molecule has 1 aromatic rings. The van der Waals surface area contributed by atoms with Crippen LogP contribution >= 0.6 is 0 Å². The molecule has 160 valence electrons. The van der Waals surface area contributed by atoms with Gasteiger partial charge in [0.05, 0.1) is 28.2 Å². The lowest BCUT2D eigenvalue weighted by atomic mass is 9.89. The molecule has 4 rings (SSSR count). The number of hydrogen-bond acceptors (Lipinski definition) is 6. The minimum absolute atomic E-state index is 0.0534. The van der Waals surface area contributed by atoms with Gasteiger partial charge in [-0.2, -0.15) is 0 Å². The summed E-state index contributed by atoms with van der Waals surface area (Å²) in [6, 6.07) is 0. The molecule has 0 bridgehead atoms. The third-order valence-electron chi connectivity index (χ3n) is 5.70. The lowest BCUT2D eigenvalue weighted by Gasteiger charge is -2.16. The maximum Gasteiger partial charge on any atom is 0.235 e. The molecule has 0 unspecified atom stereocenters. The minimum atomic E-state index is -0.512. The van der Waals surface area contributed by atoms with Gasteiger partial charge in [-0.05, 0) is 76.5 Å². The number of rotatable bonds is 7. The molecule has 1 N–H and O–H groups in total. The second kappa shape index (κ2) is 8.17. The fourth-order valence-corrected chi connectivity index (χ4v) is 4.08. The summed E-state index contributed by atoms with van der Waals surface area (Å²) in [5, 5.41) is 0. The van der Waals surface area contributed by atoms with Gasteiger partial charge in [0.25, 0.3) is 0 Å². The van der Waals surface area contributed by atoms with E-state index in [1.54, 1.807) is 24.4 Å². The van der Waals surface area contributed by atoms with E-state index in [1.165, 1.54) is 6.08 Å². The number of nitrogens with zero attached hydrogens (tertiary/aromatic N) is 3. The SMILES string of the molecule is CN(C)CCC1=C2C(=O)C=CC(c3[nH]c4c(c3CCN(C)C)C(=O)C(=O)C=C4)=C2N=C1. The van der Waals surface area contributed by atoms with Crippen molar-refractivity contribution in [3.8, 4) is 0 Å². The number of carbonyl (C=O) groups excluding carboxylic acids is 3. The lowest BCUT2D eigenvalue weighted by molar-refractivity contribution is -0.111. The topological polar surface area (TPSA) is 85.8 Å². The van der Waals surface area contributed by atoms with Gasteiger partial charge >= 0.3 is 0 Å². The van der Waals surface area contributed by atoms with Gasteiger partial charge in [-0.25, -0.2) is 0 Å². The molecule has 0 amide bonds. The zero-order valence-corrected chi connectivity index (χ0v) is 18.3. The van der Waals surface area contributed by atoms with Gasteiger partial charge in [0.2, 0.25) is 11.6 Å². The minimum Gasteiger partial charge on any atom is -0.354 e. The molecule has 0 fully saturated rings. The van der Waals surface area contributed by atoms with Crippen LogP contribution in [0, 0.1) is 0 Å². The first-order valence-electron chi connectivity index (χ1n) is 10.3. The normalized spacial score (nSPS) is 17.7. The number of hydrogen-bond donors (Lipinski definition) is 1. The number of ketones is 3. The molecule has 0 saturated heterocycles. The highest BCUT2D eigenvalue weighted by atomic mass is 16.2. The Bertz CT molecular complexity index is 1140. The third kappa shape index (κ3) is 3.82. The second-order valence-electron chi connectivity index (χ2n) is 8.52. The van der Waals surface area contributed by atoms with Crippen LogP contribution in [0.15, 0.2) is 40.1 Å². The van der Waals surface area contributed by atoms with Crippen LogP contribution in [0.1, 0.15) is 33.7 Å². The van der Waals surface area contributed by atoms with Crippen molar-refractivity contribution in [1.82, 2.24) is 14.8 Å². The molecule has 7 heteroatoms. The van der Waals surface area contributed by atoms with E-state index in [4.69, 9.17) is 0 Å². The van der Waals surface area contributed by atoms with E-state index in [1.807, 2.05) is 33.1 Å². The second-order valence-corrected chi connectivity index (χ2v) is 8.52. The summed E-state index contributed by atoms with van der Waals surface area (Å²) >= 11 is 0. The van der Waals surface area contributed by atoms with Crippen LogP contribution in [0.3, 0.4) is 0 Å². The number of nitrogens with one attached hydrogen (secondary N) is 1. The van der Waals surface area contributed by atoms with Crippen LogP contribution in [0.4, 0.5) is 0 Å². The summed E-state index contributed by atoms with van der Waals surface area (Å²) in [5.74, 6) is -1.06. The maximum atomic E-state index is 12.7. The molecule has 7 nitrogen and oxygen atoms in total. The molecule has 0 atom stereocenters. The van der Waals surface area contributed by atoms with E-state index in [0.717, 1.165) is 35.4 Å². The van der Waals surface area contributed by atoms with Crippen molar-refractivity contribution in [2.75, 3.05) is 41.3 Å². The number of aromatic nitrogens is 1. The van der Waals surface area contributed by atoms with Gasteiger partial charge < -0.3 is 14.8 Å². The van der Waals surface area contributed by atoms with Crippen molar-refractivity contribution in [2.45, 2.75) is 12.8 Å². The van der Waals surface area contributed by atoms with E-state index < -0.39 is 11.6 Å². The molecular weight excluding hydrogens is 392 g/mol. The summed E-state index contributed by atoms with van der Waals surface area (Å²) in [6.45, 7) is 1.53. The highest BCUT2D eigenvalue weighted by Gasteiger charge is 2.33. The van der Waals surface area contributed by atoms with Gasteiger partial charge in [0, 0.05) is 24.9 Å². The number of Topliss-reactive ketones (excluding diaryl/α,β-unsaturated/α-hetero) is 1. The van der Waals surface area contributed by atoms with E-state index in [9.17, 15) is 14.4 Å². The average Bonchev–Trinajstić information content (AvgIpc) is 3.30. The fraction of sp³-hybridized carbons (Fsp3) is 0.333. The molecule has 2 heterocycles. The largest absolute Gasteiger partial charge is 0.354 e. The van der Waals surface area contributed by atoms with Crippen LogP contribution in [0.5, 0.6) is 0 Å².